The molecule has 16 heavy (non-hydrogen) atoms. The molecule has 3 heteroatoms. The molecule has 0 aliphatic heterocycles. The largest absolute Gasteiger partial charge is 0.464 e. The van der Waals surface area contributed by atoms with Gasteiger partial charge in [-0.2, -0.15) is 0 Å². The first-order chi connectivity index (χ1) is 6.99. The normalized spacial score (nSPS) is 15.1. The van der Waals surface area contributed by atoms with Crippen LogP contribution in [-0.4, -0.2) is 18.6 Å². The third-order valence-corrected chi connectivity index (χ3v) is 3.60. The average Bonchev–Trinajstić information content (AvgIpc) is 2.11. The zero-order valence-electron chi connectivity index (χ0n) is 11.8. The minimum absolute atomic E-state index is 0.0562. The molecule has 1 atom stereocenters. The van der Waals surface area contributed by atoms with Gasteiger partial charge in [-0.3, -0.25) is 4.79 Å². The van der Waals surface area contributed by atoms with Crippen molar-refractivity contribution in [2.24, 2.45) is 22.5 Å². The number of carbonyl (C=O) groups excluding carboxylic acids is 1. The van der Waals surface area contributed by atoms with E-state index in [1.54, 1.807) is 0 Å². The first-order valence-corrected chi connectivity index (χ1v) is 5.91. The van der Waals surface area contributed by atoms with E-state index < -0.39 is 6.04 Å². The molecule has 0 amide bonds. The van der Waals surface area contributed by atoms with E-state index >= 15 is 0 Å². The molecule has 0 aliphatic rings. The topological polar surface area (TPSA) is 52.3 Å². The number of nitrogens with two attached hydrogens (primary N) is 1. The molecular formula is C13H27NO2. The van der Waals surface area contributed by atoms with Gasteiger partial charge >= 0.3 is 5.97 Å². The SMILES string of the molecule is CC(C)[C@H](N)C(=O)OCC(C)(C)C(C)(C)C. The summed E-state index contributed by atoms with van der Waals surface area (Å²) in [6, 6.07) is -0.518. The van der Waals surface area contributed by atoms with Gasteiger partial charge in [-0.05, 0) is 11.3 Å². The van der Waals surface area contributed by atoms with Crippen LogP contribution in [0.4, 0.5) is 0 Å². The molecule has 2 N–H and O–H groups in total. The minimum atomic E-state index is -0.518. The summed E-state index contributed by atoms with van der Waals surface area (Å²) in [6.07, 6.45) is 0. The molecule has 96 valence electrons. The summed E-state index contributed by atoms with van der Waals surface area (Å²) in [5, 5.41) is 0. The van der Waals surface area contributed by atoms with Crippen molar-refractivity contribution in [2.75, 3.05) is 6.61 Å². The lowest BCUT2D eigenvalue weighted by molar-refractivity contribution is -0.151. The zero-order valence-corrected chi connectivity index (χ0v) is 11.8. The standard InChI is InChI=1S/C13H27NO2/c1-9(2)10(14)11(15)16-8-13(6,7)12(3,4)5/h9-10H,8,14H2,1-7H3/t10-/m0/s1. The monoisotopic (exact) mass is 229 g/mol. The van der Waals surface area contributed by atoms with Crippen molar-refractivity contribution >= 4 is 5.97 Å². The highest BCUT2D eigenvalue weighted by atomic mass is 16.5. The van der Waals surface area contributed by atoms with E-state index in [-0.39, 0.29) is 22.7 Å². The molecule has 0 aromatic rings. The van der Waals surface area contributed by atoms with Gasteiger partial charge in [0.25, 0.3) is 0 Å². The Morgan fingerprint density at radius 3 is 1.94 bits per heavy atom. The van der Waals surface area contributed by atoms with Gasteiger partial charge in [0, 0.05) is 5.41 Å². The molecule has 0 spiro atoms. The molecule has 0 radical (unpaired) electrons. The summed E-state index contributed by atoms with van der Waals surface area (Å²) in [6.45, 7) is 14.9. The molecule has 3 nitrogen and oxygen atoms in total. The molecule has 0 fully saturated rings. The second kappa shape index (κ2) is 5.17. The maximum atomic E-state index is 11.6. The van der Waals surface area contributed by atoms with Gasteiger partial charge in [-0.15, -0.1) is 0 Å². The Balaban J connectivity index is 4.31. The van der Waals surface area contributed by atoms with Crippen molar-refractivity contribution in [3.63, 3.8) is 0 Å². The third-order valence-electron chi connectivity index (χ3n) is 3.60. The van der Waals surface area contributed by atoms with Crippen LogP contribution in [0, 0.1) is 16.7 Å². The molecule has 0 aromatic heterocycles. The van der Waals surface area contributed by atoms with Gasteiger partial charge in [0.1, 0.15) is 6.04 Å². The van der Waals surface area contributed by atoms with Crippen LogP contribution >= 0.6 is 0 Å². The Kier molecular flexibility index (Phi) is 4.99. The van der Waals surface area contributed by atoms with Gasteiger partial charge in [0.05, 0.1) is 6.61 Å². The Morgan fingerprint density at radius 2 is 1.62 bits per heavy atom. The second-order valence-electron chi connectivity index (χ2n) is 6.51. The van der Waals surface area contributed by atoms with Crippen LogP contribution in [0.2, 0.25) is 0 Å². The fraction of sp³-hybridized carbons (Fsp3) is 0.923. The number of hydrogen-bond donors (Lipinski definition) is 1. The molecule has 0 rings (SSSR count). The van der Waals surface area contributed by atoms with Crippen LogP contribution in [0.15, 0.2) is 0 Å². The number of esters is 1. The van der Waals surface area contributed by atoms with Gasteiger partial charge in [-0.1, -0.05) is 48.5 Å². The summed E-state index contributed by atoms with van der Waals surface area (Å²) in [4.78, 5) is 11.6. The lowest BCUT2D eigenvalue weighted by atomic mass is 9.70. The van der Waals surface area contributed by atoms with Gasteiger partial charge in [0.2, 0.25) is 0 Å². The van der Waals surface area contributed by atoms with Crippen molar-refractivity contribution in [1.29, 1.82) is 0 Å². The third kappa shape index (κ3) is 4.12. The van der Waals surface area contributed by atoms with Crippen LogP contribution < -0.4 is 5.73 Å². The first-order valence-electron chi connectivity index (χ1n) is 5.91. The number of carbonyl (C=O) groups is 1. The summed E-state index contributed by atoms with van der Waals surface area (Å²) in [5.74, 6) is -0.183. The second-order valence-corrected chi connectivity index (χ2v) is 6.51. The van der Waals surface area contributed by atoms with E-state index in [2.05, 4.69) is 34.6 Å². The van der Waals surface area contributed by atoms with Crippen molar-refractivity contribution in [3.05, 3.63) is 0 Å². The highest BCUT2D eigenvalue weighted by Crippen LogP contribution is 2.37. The summed E-state index contributed by atoms with van der Waals surface area (Å²) >= 11 is 0. The summed E-state index contributed by atoms with van der Waals surface area (Å²) in [5.41, 5.74) is 5.76. The maximum Gasteiger partial charge on any atom is 0.323 e. The Bertz CT molecular complexity index is 239. The lowest BCUT2D eigenvalue weighted by Gasteiger charge is -2.38. The maximum absolute atomic E-state index is 11.6. The van der Waals surface area contributed by atoms with E-state index in [0.29, 0.717) is 6.61 Å². The average molecular weight is 229 g/mol. The molecule has 0 bridgehead atoms. The Labute approximate surface area is 99.7 Å². The molecule has 0 saturated carbocycles. The number of rotatable bonds is 4. The van der Waals surface area contributed by atoms with Crippen molar-refractivity contribution in [2.45, 2.75) is 54.5 Å². The van der Waals surface area contributed by atoms with Crippen LogP contribution in [0.3, 0.4) is 0 Å². The Morgan fingerprint density at radius 1 is 1.19 bits per heavy atom. The smallest absolute Gasteiger partial charge is 0.323 e. The highest BCUT2D eigenvalue weighted by molar-refractivity contribution is 5.75. The zero-order chi connectivity index (χ0) is 13.1. The van der Waals surface area contributed by atoms with Gasteiger partial charge in [-0.25, -0.2) is 0 Å². The van der Waals surface area contributed by atoms with E-state index in [1.807, 2.05) is 13.8 Å². The van der Waals surface area contributed by atoms with Crippen molar-refractivity contribution in [3.8, 4) is 0 Å². The molecule has 0 heterocycles. The van der Waals surface area contributed by atoms with Crippen molar-refractivity contribution < 1.29 is 9.53 Å². The molecule has 0 unspecified atom stereocenters. The van der Waals surface area contributed by atoms with E-state index in [4.69, 9.17) is 10.5 Å². The number of ether oxygens (including phenoxy) is 1. The summed E-state index contributed by atoms with van der Waals surface area (Å²) in [7, 11) is 0. The molecule has 0 aliphatic carbocycles. The molecule has 0 aromatic carbocycles. The fourth-order valence-electron chi connectivity index (χ4n) is 0.836. The summed E-state index contributed by atoms with van der Waals surface area (Å²) < 4.78 is 5.29. The quantitative estimate of drug-likeness (QED) is 0.754. The Hall–Kier alpha value is -0.570. The molecular weight excluding hydrogens is 202 g/mol. The van der Waals surface area contributed by atoms with Crippen molar-refractivity contribution in [1.82, 2.24) is 0 Å². The van der Waals surface area contributed by atoms with Gasteiger partial charge < -0.3 is 10.5 Å². The van der Waals surface area contributed by atoms with E-state index in [9.17, 15) is 4.79 Å². The predicted octanol–water partition coefficient (Wildman–Crippen LogP) is 2.59. The highest BCUT2D eigenvalue weighted by Gasteiger charge is 2.34. The number of hydrogen-bond acceptors (Lipinski definition) is 3. The van der Waals surface area contributed by atoms with Gasteiger partial charge in [0.15, 0.2) is 0 Å². The van der Waals surface area contributed by atoms with E-state index in [1.165, 1.54) is 0 Å². The minimum Gasteiger partial charge on any atom is -0.464 e. The first kappa shape index (κ1) is 15.4. The predicted molar refractivity (Wildman–Crippen MR) is 67.0 cm³/mol. The fourth-order valence-corrected chi connectivity index (χ4v) is 0.836. The van der Waals surface area contributed by atoms with Crippen LogP contribution in [0.5, 0.6) is 0 Å². The lowest BCUT2D eigenvalue weighted by Crippen LogP contribution is -2.41. The van der Waals surface area contributed by atoms with Crippen LogP contribution in [-0.2, 0) is 9.53 Å². The van der Waals surface area contributed by atoms with E-state index in [0.717, 1.165) is 0 Å². The molecule has 0 saturated heterocycles. The van der Waals surface area contributed by atoms with Crippen LogP contribution in [0.1, 0.15) is 48.5 Å². The van der Waals surface area contributed by atoms with Crippen LogP contribution in [0.25, 0.3) is 0 Å².